The second kappa shape index (κ2) is 5.19. The molecular formula is C13H19IO. The van der Waals surface area contributed by atoms with Crippen LogP contribution < -0.4 is 4.74 Å². The van der Waals surface area contributed by atoms with Crippen molar-refractivity contribution in [2.75, 3.05) is 7.11 Å². The Labute approximate surface area is 106 Å². The highest BCUT2D eigenvalue weighted by molar-refractivity contribution is 14.1. The largest absolute Gasteiger partial charge is 0.495 e. The summed E-state index contributed by atoms with van der Waals surface area (Å²) < 4.78 is 6.78. The van der Waals surface area contributed by atoms with Crippen LogP contribution in [0.4, 0.5) is 0 Å². The Kier molecular flexibility index (Phi) is 4.44. The maximum absolute atomic E-state index is 5.52. The van der Waals surface area contributed by atoms with Crippen LogP contribution in [0.5, 0.6) is 5.75 Å². The minimum atomic E-state index is 0.509. The number of halogens is 1. The molecular weight excluding hydrogens is 299 g/mol. The molecule has 0 heterocycles. The van der Waals surface area contributed by atoms with Crippen molar-refractivity contribution in [3.05, 3.63) is 26.8 Å². The minimum Gasteiger partial charge on any atom is -0.495 e. The molecule has 1 rings (SSSR count). The van der Waals surface area contributed by atoms with E-state index in [9.17, 15) is 0 Å². The summed E-state index contributed by atoms with van der Waals surface area (Å²) >= 11 is 2.39. The quantitative estimate of drug-likeness (QED) is 0.743. The summed E-state index contributed by atoms with van der Waals surface area (Å²) in [7, 11) is 1.76. The van der Waals surface area contributed by atoms with Gasteiger partial charge in [0.2, 0.25) is 0 Å². The minimum absolute atomic E-state index is 0.509. The molecule has 0 N–H and O–H groups in total. The molecule has 1 nitrogen and oxygen atoms in total. The third kappa shape index (κ3) is 2.65. The third-order valence-electron chi connectivity index (χ3n) is 2.61. The van der Waals surface area contributed by atoms with Gasteiger partial charge in [-0.15, -0.1) is 0 Å². The molecule has 1 aromatic rings. The number of hydrogen-bond acceptors (Lipinski definition) is 1. The van der Waals surface area contributed by atoms with Crippen molar-refractivity contribution in [1.82, 2.24) is 0 Å². The average molecular weight is 318 g/mol. The molecule has 2 heteroatoms. The Morgan fingerprint density at radius 2 is 1.47 bits per heavy atom. The van der Waals surface area contributed by atoms with Crippen LogP contribution >= 0.6 is 22.6 Å². The van der Waals surface area contributed by atoms with Gasteiger partial charge in [-0.05, 0) is 45.6 Å². The predicted octanol–water partition coefficient (Wildman–Crippen LogP) is 4.55. The van der Waals surface area contributed by atoms with Gasteiger partial charge < -0.3 is 4.74 Å². The summed E-state index contributed by atoms with van der Waals surface area (Å²) in [5.74, 6) is 2.11. The van der Waals surface area contributed by atoms with Crippen LogP contribution in [0.2, 0.25) is 0 Å². The van der Waals surface area contributed by atoms with E-state index in [1.807, 2.05) is 0 Å². The second-order valence-corrected chi connectivity index (χ2v) is 5.48. The van der Waals surface area contributed by atoms with E-state index in [0.29, 0.717) is 11.8 Å². The normalized spacial score (nSPS) is 11.2. The lowest BCUT2D eigenvalue weighted by Crippen LogP contribution is -2.01. The molecule has 0 aliphatic heterocycles. The molecule has 84 valence electrons. The lowest BCUT2D eigenvalue weighted by Gasteiger charge is -2.17. The SMILES string of the molecule is COc1c(C(C)C)ccc(C(C)C)c1I. The maximum Gasteiger partial charge on any atom is 0.135 e. The molecule has 0 aliphatic rings. The fraction of sp³-hybridized carbons (Fsp3) is 0.538. The summed E-state index contributed by atoms with van der Waals surface area (Å²) in [5, 5.41) is 0. The molecule has 0 aromatic heterocycles. The zero-order chi connectivity index (χ0) is 11.6. The maximum atomic E-state index is 5.52. The molecule has 0 unspecified atom stereocenters. The predicted molar refractivity (Wildman–Crippen MR) is 73.9 cm³/mol. The number of hydrogen-bond donors (Lipinski definition) is 0. The van der Waals surface area contributed by atoms with Crippen LogP contribution in [0, 0.1) is 3.57 Å². The fourth-order valence-corrected chi connectivity index (χ4v) is 3.03. The summed E-state index contributed by atoms with van der Waals surface area (Å²) in [6.07, 6.45) is 0. The van der Waals surface area contributed by atoms with Gasteiger partial charge in [-0.1, -0.05) is 39.8 Å². The first-order valence-electron chi connectivity index (χ1n) is 5.35. The molecule has 1 aromatic carbocycles. The van der Waals surface area contributed by atoms with Gasteiger partial charge >= 0.3 is 0 Å². The second-order valence-electron chi connectivity index (χ2n) is 4.40. The molecule has 0 atom stereocenters. The topological polar surface area (TPSA) is 9.23 Å². The first-order valence-corrected chi connectivity index (χ1v) is 6.43. The molecule has 0 saturated carbocycles. The monoisotopic (exact) mass is 318 g/mol. The third-order valence-corrected chi connectivity index (χ3v) is 3.72. The van der Waals surface area contributed by atoms with Gasteiger partial charge in [-0.2, -0.15) is 0 Å². The van der Waals surface area contributed by atoms with Crippen molar-refractivity contribution in [2.45, 2.75) is 39.5 Å². The van der Waals surface area contributed by atoms with Crippen LogP contribution in [0.15, 0.2) is 12.1 Å². The van der Waals surface area contributed by atoms with Crippen LogP contribution in [0.25, 0.3) is 0 Å². The van der Waals surface area contributed by atoms with Gasteiger partial charge in [0.25, 0.3) is 0 Å². The Hall–Kier alpha value is -0.250. The zero-order valence-corrected chi connectivity index (χ0v) is 12.3. The molecule has 0 spiro atoms. The van der Waals surface area contributed by atoms with E-state index < -0.39 is 0 Å². The summed E-state index contributed by atoms with van der Waals surface area (Å²) in [6, 6.07) is 4.42. The molecule has 15 heavy (non-hydrogen) atoms. The highest BCUT2D eigenvalue weighted by Crippen LogP contribution is 2.35. The van der Waals surface area contributed by atoms with E-state index in [-0.39, 0.29) is 0 Å². The number of rotatable bonds is 3. The number of benzene rings is 1. The lowest BCUT2D eigenvalue weighted by atomic mass is 9.96. The number of ether oxygens (including phenoxy) is 1. The van der Waals surface area contributed by atoms with Gasteiger partial charge in [0, 0.05) is 0 Å². The number of methoxy groups -OCH3 is 1. The van der Waals surface area contributed by atoms with Gasteiger partial charge in [-0.3, -0.25) is 0 Å². The van der Waals surface area contributed by atoms with E-state index >= 15 is 0 Å². The Balaban J connectivity index is 3.32. The van der Waals surface area contributed by atoms with Crippen LogP contribution in [0.3, 0.4) is 0 Å². The van der Waals surface area contributed by atoms with Gasteiger partial charge in [0.15, 0.2) is 0 Å². The molecule has 0 fully saturated rings. The Morgan fingerprint density at radius 3 is 1.87 bits per heavy atom. The molecule has 0 aliphatic carbocycles. The first-order chi connectivity index (χ1) is 6.99. The molecule has 0 saturated heterocycles. The van der Waals surface area contributed by atoms with Crippen LogP contribution in [0.1, 0.15) is 50.7 Å². The zero-order valence-electron chi connectivity index (χ0n) is 10.1. The van der Waals surface area contributed by atoms with E-state index in [4.69, 9.17) is 4.74 Å². The van der Waals surface area contributed by atoms with E-state index in [0.717, 1.165) is 5.75 Å². The van der Waals surface area contributed by atoms with Crippen molar-refractivity contribution in [3.8, 4) is 5.75 Å². The smallest absolute Gasteiger partial charge is 0.135 e. The van der Waals surface area contributed by atoms with E-state index in [2.05, 4.69) is 62.4 Å². The average Bonchev–Trinajstić information content (AvgIpc) is 2.16. The fourth-order valence-electron chi connectivity index (χ4n) is 1.69. The van der Waals surface area contributed by atoms with Crippen LogP contribution in [-0.4, -0.2) is 7.11 Å². The van der Waals surface area contributed by atoms with Crippen molar-refractivity contribution in [3.63, 3.8) is 0 Å². The molecule has 0 bridgehead atoms. The first kappa shape index (κ1) is 12.8. The standard InChI is InChI=1S/C13H19IO/c1-8(2)10-6-7-11(9(3)4)13(15-5)12(10)14/h6-9H,1-5H3. The van der Waals surface area contributed by atoms with E-state index in [1.54, 1.807) is 7.11 Å². The van der Waals surface area contributed by atoms with Crippen LogP contribution in [-0.2, 0) is 0 Å². The highest BCUT2D eigenvalue weighted by Gasteiger charge is 2.15. The van der Waals surface area contributed by atoms with E-state index in [1.165, 1.54) is 14.7 Å². The van der Waals surface area contributed by atoms with Crippen molar-refractivity contribution in [1.29, 1.82) is 0 Å². The summed E-state index contributed by atoms with van der Waals surface area (Å²) in [6.45, 7) is 8.82. The van der Waals surface area contributed by atoms with Crippen molar-refractivity contribution < 1.29 is 4.74 Å². The van der Waals surface area contributed by atoms with Crippen molar-refractivity contribution in [2.24, 2.45) is 0 Å². The highest BCUT2D eigenvalue weighted by atomic mass is 127. The van der Waals surface area contributed by atoms with Gasteiger partial charge in [-0.25, -0.2) is 0 Å². The lowest BCUT2D eigenvalue weighted by molar-refractivity contribution is 0.403. The molecule has 0 amide bonds. The summed E-state index contributed by atoms with van der Waals surface area (Å²) in [5.41, 5.74) is 2.67. The Bertz CT molecular complexity index is 343. The Morgan fingerprint density at radius 1 is 1.00 bits per heavy atom. The van der Waals surface area contributed by atoms with Gasteiger partial charge in [0.1, 0.15) is 5.75 Å². The molecule has 0 radical (unpaired) electrons. The van der Waals surface area contributed by atoms with Crippen molar-refractivity contribution >= 4 is 22.6 Å². The summed E-state index contributed by atoms with van der Waals surface area (Å²) in [4.78, 5) is 0. The van der Waals surface area contributed by atoms with Gasteiger partial charge in [0.05, 0.1) is 10.7 Å².